The predicted molar refractivity (Wildman–Crippen MR) is 115 cm³/mol. The first kappa shape index (κ1) is 21.2. The number of ketones is 1. The van der Waals surface area contributed by atoms with Gasteiger partial charge >= 0.3 is 6.09 Å². The van der Waals surface area contributed by atoms with Gasteiger partial charge in [-0.3, -0.25) is 9.69 Å². The van der Waals surface area contributed by atoms with Crippen LogP contribution in [0.5, 0.6) is 0 Å². The maximum absolute atomic E-state index is 13.1. The van der Waals surface area contributed by atoms with E-state index in [9.17, 15) is 9.59 Å². The van der Waals surface area contributed by atoms with Crippen LogP contribution in [0.25, 0.3) is 33.0 Å². The number of carbonyl (C=O) groups excluding carboxylic acids is 2. The van der Waals surface area contributed by atoms with Gasteiger partial charge in [0.05, 0.1) is 20.2 Å². The molecule has 1 aliphatic heterocycles. The molecule has 0 aliphatic carbocycles. The Hall–Kier alpha value is -4.52. The zero-order valence-corrected chi connectivity index (χ0v) is 16.5. The zero-order valence-electron chi connectivity index (χ0n) is 16.5. The van der Waals surface area contributed by atoms with Gasteiger partial charge in [-0.25, -0.2) is 4.79 Å². The number of benzene rings is 2. The van der Waals surface area contributed by atoms with E-state index in [0.717, 1.165) is 11.1 Å². The van der Waals surface area contributed by atoms with Crippen molar-refractivity contribution in [1.29, 1.82) is 0 Å². The number of nitrogens with zero attached hydrogens (tertiary/aromatic N) is 7. The molecule has 0 unspecified atom stereocenters. The van der Waals surface area contributed by atoms with Gasteiger partial charge in [0, 0.05) is 32.3 Å². The summed E-state index contributed by atoms with van der Waals surface area (Å²) in [7, 11) is 1.29. The van der Waals surface area contributed by atoms with Crippen LogP contribution >= 0.6 is 0 Å². The van der Waals surface area contributed by atoms with Crippen LogP contribution in [0.15, 0.2) is 69.9 Å². The minimum atomic E-state index is -0.540. The van der Waals surface area contributed by atoms with Gasteiger partial charge < -0.3 is 4.74 Å². The first-order valence-corrected chi connectivity index (χ1v) is 9.13. The van der Waals surface area contributed by atoms with E-state index in [2.05, 4.69) is 20.1 Å². The normalized spacial score (nSPS) is 15.9. The van der Waals surface area contributed by atoms with Crippen molar-refractivity contribution in [3.05, 3.63) is 91.7 Å². The Morgan fingerprint density at radius 1 is 0.903 bits per heavy atom. The lowest BCUT2D eigenvalue weighted by Crippen LogP contribution is -2.41. The van der Waals surface area contributed by atoms with Crippen molar-refractivity contribution >= 4 is 35.4 Å². The molecule has 31 heavy (non-hydrogen) atoms. The van der Waals surface area contributed by atoms with E-state index in [1.807, 2.05) is 0 Å². The number of rotatable bonds is 4. The van der Waals surface area contributed by atoms with Crippen molar-refractivity contribution in [2.45, 2.75) is 0 Å². The van der Waals surface area contributed by atoms with E-state index < -0.39 is 6.09 Å². The highest BCUT2D eigenvalue weighted by Crippen LogP contribution is 2.24. The Morgan fingerprint density at radius 2 is 1.32 bits per heavy atom. The third kappa shape index (κ3) is 5.30. The zero-order chi connectivity index (χ0) is 22.2. The number of azide groups is 2. The molecule has 1 amide bonds. The lowest BCUT2D eigenvalue weighted by molar-refractivity contribution is -0.113. The van der Waals surface area contributed by atoms with Gasteiger partial charge in [-0.05, 0) is 34.3 Å². The largest absolute Gasteiger partial charge is 0.453 e. The molecule has 0 radical (unpaired) electrons. The monoisotopic (exact) mass is 415 g/mol. The van der Waals surface area contributed by atoms with Crippen molar-refractivity contribution < 1.29 is 14.3 Å². The molecule has 154 valence electrons. The third-order valence-corrected chi connectivity index (χ3v) is 4.53. The second-order valence-electron chi connectivity index (χ2n) is 6.56. The van der Waals surface area contributed by atoms with E-state index >= 15 is 0 Å². The summed E-state index contributed by atoms with van der Waals surface area (Å²) in [5, 5.41) is 7.04. The Balaban J connectivity index is 1.95. The Labute approximate surface area is 177 Å². The molecule has 10 heteroatoms. The van der Waals surface area contributed by atoms with Gasteiger partial charge in [0.15, 0.2) is 5.78 Å². The highest BCUT2D eigenvalue weighted by atomic mass is 16.5. The van der Waals surface area contributed by atoms with Gasteiger partial charge in [0.1, 0.15) is 0 Å². The van der Waals surface area contributed by atoms with Crippen LogP contribution in [-0.4, -0.2) is 37.0 Å². The molecule has 3 rings (SSSR count). The van der Waals surface area contributed by atoms with Crippen LogP contribution < -0.4 is 0 Å². The highest BCUT2D eigenvalue weighted by Gasteiger charge is 2.29. The second kappa shape index (κ2) is 9.80. The lowest BCUT2D eigenvalue weighted by Gasteiger charge is -2.28. The van der Waals surface area contributed by atoms with Crippen molar-refractivity contribution in [3.63, 3.8) is 0 Å². The maximum Gasteiger partial charge on any atom is 0.410 e. The van der Waals surface area contributed by atoms with Gasteiger partial charge in [-0.15, -0.1) is 0 Å². The molecule has 1 fully saturated rings. The average molecular weight is 415 g/mol. The number of piperidine rings is 1. The molecule has 1 aliphatic rings. The van der Waals surface area contributed by atoms with Crippen LogP contribution in [-0.2, 0) is 9.53 Å². The smallest absolute Gasteiger partial charge is 0.410 e. The van der Waals surface area contributed by atoms with Gasteiger partial charge in [-0.2, -0.15) is 0 Å². The summed E-state index contributed by atoms with van der Waals surface area (Å²) < 4.78 is 4.84. The van der Waals surface area contributed by atoms with Crippen LogP contribution in [0.3, 0.4) is 0 Å². The number of hydrogen-bond donors (Lipinski definition) is 0. The first-order valence-electron chi connectivity index (χ1n) is 9.13. The molecule has 2 aromatic carbocycles. The van der Waals surface area contributed by atoms with Gasteiger partial charge in [-0.1, -0.05) is 58.8 Å². The number of hydrogen-bond acceptors (Lipinski definition) is 5. The summed E-state index contributed by atoms with van der Waals surface area (Å²) in [5.41, 5.74) is 20.2. The summed E-state index contributed by atoms with van der Waals surface area (Å²) in [4.78, 5) is 32.1. The van der Waals surface area contributed by atoms with E-state index in [1.54, 1.807) is 60.7 Å². The number of Topliss-reactive ketones (excluding diaryl/α,β-unsaturated/α-hetero) is 1. The summed E-state index contributed by atoms with van der Waals surface area (Å²) in [6, 6.07) is 13.4. The minimum Gasteiger partial charge on any atom is -0.453 e. The molecule has 1 heterocycles. The first-order chi connectivity index (χ1) is 15.0. The van der Waals surface area contributed by atoms with Crippen molar-refractivity contribution in [3.8, 4) is 0 Å². The minimum absolute atomic E-state index is 0.108. The quantitative estimate of drug-likeness (QED) is 0.274. The van der Waals surface area contributed by atoms with Crippen molar-refractivity contribution in [2.75, 3.05) is 20.2 Å². The van der Waals surface area contributed by atoms with Crippen LogP contribution in [0, 0.1) is 0 Å². The third-order valence-electron chi connectivity index (χ3n) is 4.53. The highest BCUT2D eigenvalue weighted by molar-refractivity contribution is 6.15. The Morgan fingerprint density at radius 3 is 1.68 bits per heavy atom. The molecule has 2 aromatic rings. The van der Waals surface area contributed by atoms with Crippen molar-refractivity contribution in [2.24, 2.45) is 10.2 Å². The van der Waals surface area contributed by atoms with Crippen LogP contribution in [0.4, 0.5) is 16.2 Å². The summed E-state index contributed by atoms with van der Waals surface area (Å²) in [6.07, 6.45) is 2.84. The molecule has 0 saturated carbocycles. The SMILES string of the molecule is COC(=O)N1C/C(=C/c2ccc(N=[N+]=[N-])cc2)C(=O)/C(=C/c2ccc(N=[N+]=[N-])cc2)C1. The topological polar surface area (TPSA) is 144 Å². The second-order valence-corrected chi connectivity index (χ2v) is 6.56. The molecule has 0 atom stereocenters. The number of amides is 1. The predicted octanol–water partition coefficient (Wildman–Crippen LogP) is 5.69. The molecule has 10 nitrogen and oxygen atoms in total. The number of likely N-dealkylation sites (tertiary alicyclic amines) is 1. The number of ether oxygens (including phenoxy) is 1. The molecule has 0 N–H and O–H groups in total. The summed E-state index contributed by atoms with van der Waals surface area (Å²) in [5.74, 6) is -0.182. The molecule has 1 saturated heterocycles. The molecule has 0 bridgehead atoms. The summed E-state index contributed by atoms with van der Waals surface area (Å²) in [6.45, 7) is 0.216. The molecular formula is C21H17N7O3. The standard InChI is InChI=1S/C21H17N7O3/c1-31-21(30)28-12-16(10-14-2-6-18(7-3-14)24-26-22)20(29)17(13-28)11-15-4-8-19(9-5-15)25-27-23/h2-11H,12-13H2,1H3/b16-10-,17-11+. The summed E-state index contributed by atoms with van der Waals surface area (Å²) >= 11 is 0. The number of carbonyl (C=O) groups is 2. The fraction of sp³-hybridized carbons (Fsp3) is 0.143. The maximum atomic E-state index is 13.1. The van der Waals surface area contributed by atoms with E-state index in [1.165, 1.54) is 12.0 Å². The van der Waals surface area contributed by atoms with E-state index in [-0.39, 0.29) is 18.9 Å². The Bertz CT molecular complexity index is 1070. The van der Waals surface area contributed by atoms with Crippen molar-refractivity contribution in [1.82, 2.24) is 4.90 Å². The van der Waals surface area contributed by atoms with Gasteiger partial charge in [0.2, 0.25) is 0 Å². The van der Waals surface area contributed by atoms with E-state index in [4.69, 9.17) is 15.8 Å². The fourth-order valence-corrected chi connectivity index (χ4v) is 3.08. The fourth-order valence-electron chi connectivity index (χ4n) is 3.08. The van der Waals surface area contributed by atoms with E-state index in [0.29, 0.717) is 22.5 Å². The lowest BCUT2D eigenvalue weighted by atomic mass is 9.94. The number of methoxy groups -OCH3 is 1. The molecule has 0 spiro atoms. The molecule has 0 aromatic heterocycles. The Kier molecular flexibility index (Phi) is 6.70. The molecular weight excluding hydrogens is 398 g/mol. The average Bonchev–Trinajstić information content (AvgIpc) is 2.78. The van der Waals surface area contributed by atoms with Gasteiger partial charge in [0.25, 0.3) is 0 Å². The van der Waals surface area contributed by atoms with Crippen LogP contribution in [0.2, 0.25) is 0 Å². The van der Waals surface area contributed by atoms with Crippen LogP contribution in [0.1, 0.15) is 11.1 Å².